The average molecular weight is 238 g/mol. The largest absolute Gasteiger partial charge is 0.457 e. The van der Waals surface area contributed by atoms with E-state index in [-0.39, 0.29) is 0 Å². The molecule has 1 aliphatic rings. The van der Waals surface area contributed by atoms with E-state index in [2.05, 4.69) is 0 Å². The molecule has 18 heavy (non-hydrogen) atoms. The van der Waals surface area contributed by atoms with Crippen LogP contribution in [0.2, 0.25) is 0 Å². The van der Waals surface area contributed by atoms with Crippen molar-refractivity contribution in [2.24, 2.45) is 0 Å². The molecule has 0 amide bonds. The summed E-state index contributed by atoms with van der Waals surface area (Å²) >= 11 is 0. The zero-order valence-corrected chi connectivity index (χ0v) is 9.55. The molecule has 0 atom stereocenters. The number of hydrogen-bond acceptors (Lipinski definition) is 3. The first kappa shape index (κ1) is 10.7. The Bertz CT molecular complexity index is 644. The number of rotatable bonds is 2. The van der Waals surface area contributed by atoms with Gasteiger partial charge in [0.1, 0.15) is 11.5 Å². The molecule has 2 aromatic rings. The number of carbonyl (C=O) groups excluding carboxylic acids is 2. The minimum Gasteiger partial charge on any atom is -0.457 e. The second-order valence-electron chi connectivity index (χ2n) is 4.15. The smallest absolute Gasteiger partial charge is 0.225 e. The normalized spacial score (nSPS) is 12.0. The Morgan fingerprint density at radius 3 is 2.67 bits per heavy atom. The maximum atomic E-state index is 11.6. The highest BCUT2D eigenvalue weighted by molar-refractivity contribution is 6.33. The van der Waals surface area contributed by atoms with Crippen molar-refractivity contribution in [3.63, 3.8) is 0 Å². The summed E-state index contributed by atoms with van der Waals surface area (Å²) in [5.41, 5.74) is 2.24. The van der Waals surface area contributed by atoms with E-state index in [1.54, 1.807) is 12.1 Å². The Labute approximate surface area is 104 Å². The Kier molecular flexibility index (Phi) is 2.45. The summed E-state index contributed by atoms with van der Waals surface area (Å²) in [4.78, 5) is 22.2. The lowest BCUT2D eigenvalue weighted by molar-refractivity contribution is -0.104. The first-order valence-electron chi connectivity index (χ1n) is 5.67. The summed E-state index contributed by atoms with van der Waals surface area (Å²) in [6.07, 6.45) is 0.956. The van der Waals surface area contributed by atoms with E-state index >= 15 is 0 Å². The Hall–Kier alpha value is -2.42. The third-order valence-corrected chi connectivity index (χ3v) is 3.07. The molecule has 0 spiro atoms. The van der Waals surface area contributed by atoms with E-state index in [1.807, 2.05) is 30.3 Å². The van der Waals surface area contributed by atoms with E-state index < -0.39 is 5.78 Å². The SMILES string of the molecule is O=CC(=O)c1cccc2c1Cc1ccccc1O2. The number of ketones is 1. The molecule has 0 bridgehead atoms. The summed E-state index contributed by atoms with van der Waals surface area (Å²) in [5, 5.41) is 0. The number of hydrogen-bond donors (Lipinski definition) is 0. The maximum absolute atomic E-state index is 11.6. The zero-order chi connectivity index (χ0) is 12.5. The fourth-order valence-electron chi connectivity index (χ4n) is 2.20. The van der Waals surface area contributed by atoms with Gasteiger partial charge in [0, 0.05) is 17.5 Å². The van der Waals surface area contributed by atoms with Gasteiger partial charge < -0.3 is 4.74 Å². The third kappa shape index (κ3) is 1.61. The van der Waals surface area contributed by atoms with Crippen LogP contribution in [-0.4, -0.2) is 12.1 Å². The third-order valence-electron chi connectivity index (χ3n) is 3.07. The van der Waals surface area contributed by atoms with Crippen LogP contribution in [0.4, 0.5) is 0 Å². The zero-order valence-electron chi connectivity index (χ0n) is 9.55. The van der Waals surface area contributed by atoms with Crippen molar-refractivity contribution in [2.75, 3.05) is 0 Å². The van der Waals surface area contributed by atoms with Crippen molar-refractivity contribution in [3.05, 3.63) is 59.2 Å². The first-order chi connectivity index (χ1) is 8.79. The van der Waals surface area contributed by atoms with E-state index in [0.29, 0.717) is 24.0 Å². The standard InChI is InChI=1S/C15H10O3/c16-9-13(17)11-5-3-7-15-12(11)8-10-4-1-2-6-14(10)18-15/h1-7,9H,8H2. The van der Waals surface area contributed by atoms with Crippen LogP contribution in [0.5, 0.6) is 11.5 Å². The number of carbonyl (C=O) groups is 2. The molecule has 3 heteroatoms. The van der Waals surface area contributed by atoms with Gasteiger partial charge in [0.05, 0.1) is 0 Å². The van der Waals surface area contributed by atoms with Crippen LogP contribution < -0.4 is 4.74 Å². The summed E-state index contributed by atoms with van der Waals surface area (Å²) in [6.45, 7) is 0. The van der Waals surface area contributed by atoms with Gasteiger partial charge in [-0.05, 0) is 17.7 Å². The molecule has 3 nitrogen and oxygen atoms in total. The molecule has 0 radical (unpaired) electrons. The Morgan fingerprint density at radius 2 is 1.83 bits per heavy atom. The van der Waals surface area contributed by atoms with Gasteiger partial charge in [0.25, 0.3) is 0 Å². The maximum Gasteiger partial charge on any atom is 0.225 e. The number of ether oxygens (including phenoxy) is 1. The van der Waals surface area contributed by atoms with Crippen LogP contribution >= 0.6 is 0 Å². The van der Waals surface area contributed by atoms with Crippen LogP contribution in [0.1, 0.15) is 21.5 Å². The molecule has 0 N–H and O–H groups in total. The number of fused-ring (bicyclic) bond motifs is 2. The molecule has 0 aromatic heterocycles. The first-order valence-corrected chi connectivity index (χ1v) is 5.67. The van der Waals surface area contributed by atoms with Crippen LogP contribution in [0.3, 0.4) is 0 Å². The molecule has 1 heterocycles. The minimum atomic E-state index is -0.505. The Balaban J connectivity index is 2.13. The summed E-state index contributed by atoms with van der Waals surface area (Å²) in [7, 11) is 0. The molecule has 0 fully saturated rings. The van der Waals surface area contributed by atoms with Crippen molar-refractivity contribution in [1.82, 2.24) is 0 Å². The van der Waals surface area contributed by atoms with Gasteiger partial charge >= 0.3 is 0 Å². The van der Waals surface area contributed by atoms with Gasteiger partial charge in [0.2, 0.25) is 5.78 Å². The van der Waals surface area contributed by atoms with Crippen molar-refractivity contribution in [3.8, 4) is 11.5 Å². The predicted octanol–water partition coefficient (Wildman–Crippen LogP) is 2.76. The highest BCUT2D eigenvalue weighted by atomic mass is 16.5. The van der Waals surface area contributed by atoms with Crippen LogP contribution in [0.25, 0.3) is 0 Å². The van der Waals surface area contributed by atoms with Gasteiger partial charge in [-0.3, -0.25) is 9.59 Å². The van der Waals surface area contributed by atoms with E-state index in [0.717, 1.165) is 16.9 Å². The summed E-state index contributed by atoms with van der Waals surface area (Å²) in [5.74, 6) is 0.955. The van der Waals surface area contributed by atoms with Crippen LogP contribution in [0.15, 0.2) is 42.5 Å². The molecule has 88 valence electrons. The number of aldehydes is 1. The molecule has 0 unspecified atom stereocenters. The lowest BCUT2D eigenvalue weighted by Gasteiger charge is -2.21. The monoisotopic (exact) mass is 238 g/mol. The second kappa shape index (κ2) is 4.11. The number of para-hydroxylation sites is 1. The number of benzene rings is 2. The quantitative estimate of drug-likeness (QED) is 0.391. The van der Waals surface area contributed by atoms with Crippen molar-refractivity contribution < 1.29 is 14.3 Å². The molecule has 3 rings (SSSR count). The highest BCUT2D eigenvalue weighted by Gasteiger charge is 2.21. The van der Waals surface area contributed by atoms with E-state index in [1.165, 1.54) is 0 Å². The van der Waals surface area contributed by atoms with Crippen LogP contribution in [0, 0.1) is 0 Å². The van der Waals surface area contributed by atoms with Crippen molar-refractivity contribution >= 4 is 12.1 Å². The fraction of sp³-hybridized carbons (Fsp3) is 0.0667. The van der Waals surface area contributed by atoms with Gasteiger partial charge in [-0.15, -0.1) is 0 Å². The minimum absolute atomic E-state index is 0.343. The molecule has 0 saturated carbocycles. The highest BCUT2D eigenvalue weighted by Crippen LogP contribution is 2.37. The molecule has 0 saturated heterocycles. The van der Waals surface area contributed by atoms with E-state index in [9.17, 15) is 9.59 Å². The van der Waals surface area contributed by atoms with Gasteiger partial charge in [-0.25, -0.2) is 0 Å². The number of Topliss-reactive ketones (excluding diaryl/α,β-unsaturated/α-hetero) is 1. The van der Waals surface area contributed by atoms with Crippen molar-refractivity contribution in [1.29, 1.82) is 0 Å². The molecule has 1 aliphatic heterocycles. The average Bonchev–Trinajstić information content (AvgIpc) is 2.43. The summed E-state index contributed by atoms with van der Waals surface area (Å²) < 4.78 is 5.74. The predicted molar refractivity (Wildman–Crippen MR) is 66.2 cm³/mol. The second-order valence-corrected chi connectivity index (χ2v) is 4.15. The van der Waals surface area contributed by atoms with Gasteiger partial charge in [-0.1, -0.05) is 30.3 Å². The van der Waals surface area contributed by atoms with Crippen LogP contribution in [-0.2, 0) is 11.2 Å². The Morgan fingerprint density at radius 1 is 1.06 bits per heavy atom. The van der Waals surface area contributed by atoms with Gasteiger partial charge in [0.15, 0.2) is 6.29 Å². The molecular formula is C15H10O3. The molecular weight excluding hydrogens is 228 g/mol. The van der Waals surface area contributed by atoms with E-state index in [4.69, 9.17) is 4.74 Å². The molecule has 0 aliphatic carbocycles. The summed E-state index contributed by atoms with van der Waals surface area (Å²) in [6, 6.07) is 12.9. The topological polar surface area (TPSA) is 43.4 Å². The fourth-order valence-corrected chi connectivity index (χ4v) is 2.20. The lowest BCUT2D eigenvalue weighted by Crippen LogP contribution is -2.10. The lowest BCUT2D eigenvalue weighted by atomic mass is 9.94. The van der Waals surface area contributed by atoms with Crippen molar-refractivity contribution in [2.45, 2.75) is 6.42 Å². The molecule has 2 aromatic carbocycles. The van der Waals surface area contributed by atoms with Gasteiger partial charge in [-0.2, -0.15) is 0 Å².